The number of amides is 1. The van der Waals surface area contributed by atoms with E-state index in [1.165, 1.54) is 6.07 Å². The van der Waals surface area contributed by atoms with Crippen molar-refractivity contribution in [2.45, 2.75) is 38.9 Å². The molecule has 0 aliphatic carbocycles. The van der Waals surface area contributed by atoms with Gasteiger partial charge >= 0.3 is 0 Å². The fourth-order valence-electron chi connectivity index (χ4n) is 4.91. The van der Waals surface area contributed by atoms with Gasteiger partial charge in [-0.05, 0) is 74.1 Å². The molecule has 2 N–H and O–H groups in total. The number of aryl methyl sites for hydroxylation is 1. The predicted molar refractivity (Wildman–Crippen MR) is 144 cm³/mol. The van der Waals surface area contributed by atoms with Crippen LogP contribution in [0.3, 0.4) is 0 Å². The standard InChI is InChI=1S/C28H28FN5O2S/c1-18-16-21(19(2)34(18)17-20-8-7-15-36-20)27-26(24-11-5-6-13-30-24)32-28(37)33(27)14-12-25(35)31-23-10-4-3-9-22(23)29/h3-11,13,15-16,26-27H,12,14,17H2,1-2H3,(H,31,35)(H,32,37)/t26-,27-/m1/s1. The summed E-state index contributed by atoms with van der Waals surface area (Å²) in [6.07, 6.45) is 3.59. The third-order valence-electron chi connectivity index (χ3n) is 6.75. The highest BCUT2D eigenvalue weighted by atomic mass is 32.1. The van der Waals surface area contributed by atoms with Gasteiger partial charge < -0.3 is 24.5 Å². The van der Waals surface area contributed by atoms with E-state index >= 15 is 0 Å². The molecular weight excluding hydrogens is 489 g/mol. The largest absolute Gasteiger partial charge is 0.467 e. The van der Waals surface area contributed by atoms with Gasteiger partial charge in [0.25, 0.3) is 0 Å². The zero-order chi connectivity index (χ0) is 25.9. The highest BCUT2D eigenvalue weighted by molar-refractivity contribution is 7.80. The third-order valence-corrected chi connectivity index (χ3v) is 7.10. The van der Waals surface area contributed by atoms with Gasteiger partial charge in [0.15, 0.2) is 5.11 Å². The Morgan fingerprint density at radius 1 is 1.16 bits per heavy atom. The minimum atomic E-state index is -0.466. The molecule has 0 unspecified atom stereocenters. The van der Waals surface area contributed by atoms with Crippen LogP contribution in [-0.2, 0) is 11.3 Å². The molecule has 0 spiro atoms. The van der Waals surface area contributed by atoms with Gasteiger partial charge in [-0.2, -0.15) is 0 Å². The van der Waals surface area contributed by atoms with E-state index in [2.05, 4.69) is 40.1 Å². The number of carbonyl (C=O) groups is 1. The van der Waals surface area contributed by atoms with Crippen LogP contribution < -0.4 is 10.6 Å². The highest BCUT2D eigenvalue weighted by Crippen LogP contribution is 2.41. The lowest BCUT2D eigenvalue weighted by atomic mass is 9.96. The fourth-order valence-corrected chi connectivity index (χ4v) is 5.24. The van der Waals surface area contributed by atoms with Crippen molar-refractivity contribution in [2.75, 3.05) is 11.9 Å². The lowest BCUT2D eigenvalue weighted by Crippen LogP contribution is -2.33. The number of anilines is 1. The van der Waals surface area contributed by atoms with Crippen molar-refractivity contribution in [3.05, 3.63) is 107 Å². The van der Waals surface area contributed by atoms with Gasteiger partial charge in [-0.3, -0.25) is 9.78 Å². The molecule has 0 radical (unpaired) electrons. The van der Waals surface area contributed by atoms with Crippen LogP contribution >= 0.6 is 12.2 Å². The molecule has 0 saturated carbocycles. The van der Waals surface area contributed by atoms with Crippen molar-refractivity contribution < 1.29 is 13.6 Å². The average molecular weight is 518 g/mol. The summed E-state index contributed by atoms with van der Waals surface area (Å²) in [4.78, 5) is 19.4. The van der Waals surface area contributed by atoms with Crippen molar-refractivity contribution in [1.29, 1.82) is 0 Å². The first-order chi connectivity index (χ1) is 17.9. The number of rotatable bonds is 8. The molecule has 37 heavy (non-hydrogen) atoms. The average Bonchev–Trinajstić information content (AvgIpc) is 3.60. The van der Waals surface area contributed by atoms with E-state index in [1.54, 1.807) is 30.7 Å². The van der Waals surface area contributed by atoms with Gasteiger partial charge in [-0.25, -0.2) is 4.39 Å². The monoisotopic (exact) mass is 517 g/mol. The minimum Gasteiger partial charge on any atom is -0.467 e. The second-order valence-corrected chi connectivity index (χ2v) is 9.48. The Morgan fingerprint density at radius 3 is 2.70 bits per heavy atom. The number of pyridine rings is 1. The van der Waals surface area contributed by atoms with E-state index in [1.807, 2.05) is 35.2 Å². The van der Waals surface area contributed by atoms with Gasteiger partial charge in [0.2, 0.25) is 5.91 Å². The van der Waals surface area contributed by atoms with E-state index in [0.29, 0.717) is 18.2 Å². The molecule has 1 amide bonds. The summed E-state index contributed by atoms with van der Waals surface area (Å²) >= 11 is 5.75. The summed E-state index contributed by atoms with van der Waals surface area (Å²) in [5.41, 5.74) is 4.32. The van der Waals surface area contributed by atoms with Crippen LogP contribution in [0.15, 0.2) is 77.5 Å². The summed E-state index contributed by atoms with van der Waals surface area (Å²) in [5.74, 6) is 0.124. The number of hydrogen-bond acceptors (Lipinski definition) is 4. The summed E-state index contributed by atoms with van der Waals surface area (Å²) in [6, 6.07) is 17.6. The number of halogens is 1. The number of benzene rings is 1. The van der Waals surface area contributed by atoms with Crippen molar-refractivity contribution in [2.24, 2.45) is 0 Å². The SMILES string of the molecule is Cc1cc([C@@H]2[C@@H](c3ccccn3)NC(=S)N2CCC(=O)Nc2ccccc2F)c(C)n1Cc1ccco1. The number of hydrogen-bond donors (Lipinski definition) is 2. The first kappa shape index (κ1) is 24.7. The zero-order valence-corrected chi connectivity index (χ0v) is 21.5. The van der Waals surface area contributed by atoms with E-state index in [0.717, 1.165) is 28.4 Å². The Kier molecular flexibility index (Phi) is 7.05. The molecule has 3 aromatic heterocycles. The summed E-state index contributed by atoms with van der Waals surface area (Å²) in [5, 5.41) is 6.64. The lowest BCUT2D eigenvalue weighted by molar-refractivity contribution is -0.116. The smallest absolute Gasteiger partial charge is 0.226 e. The van der Waals surface area contributed by atoms with Gasteiger partial charge in [-0.15, -0.1) is 0 Å². The van der Waals surface area contributed by atoms with Crippen LogP contribution in [0, 0.1) is 19.7 Å². The van der Waals surface area contributed by atoms with Crippen LogP contribution in [0.2, 0.25) is 0 Å². The van der Waals surface area contributed by atoms with Gasteiger partial charge in [0, 0.05) is 30.6 Å². The topological polar surface area (TPSA) is 75.3 Å². The van der Waals surface area contributed by atoms with Gasteiger partial charge in [0.05, 0.1) is 36.3 Å². The molecule has 1 aliphatic rings. The maximum absolute atomic E-state index is 14.0. The Balaban J connectivity index is 1.43. The minimum absolute atomic E-state index is 0.146. The molecule has 1 fully saturated rings. The Labute approximate surface area is 220 Å². The van der Waals surface area contributed by atoms with Gasteiger partial charge in [-0.1, -0.05) is 18.2 Å². The van der Waals surface area contributed by atoms with Crippen molar-refractivity contribution in [1.82, 2.24) is 19.8 Å². The highest BCUT2D eigenvalue weighted by Gasteiger charge is 2.41. The maximum atomic E-state index is 14.0. The number of nitrogens with zero attached hydrogens (tertiary/aromatic N) is 3. The predicted octanol–water partition coefficient (Wildman–Crippen LogP) is 5.28. The quantitative estimate of drug-likeness (QED) is 0.310. The number of aromatic nitrogens is 2. The summed E-state index contributed by atoms with van der Waals surface area (Å²) in [6.45, 7) is 5.14. The fraction of sp³-hybridized carbons (Fsp3) is 0.250. The molecule has 1 aliphatic heterocycles. The normalized spacial score (nSPS) is 17.2. The van der Waals surface area contributed by atoms with E-state index in [-0.39, 0.29) is 30.1 Å². The Bertz CT molecular complexity index is 1400. The molecule has 4 aromatic rings. The van der Waals surface area contributed by atoms with Crippen molar-refractivity contribution in [3.63, 3.8) is 0 Å². The molecule has 2 atom stereocenters. The van der Waals surface area contributed by atoms with E-state index in [4.69, 9.17) is 16.6 Å². The third kappa shape index (κ3) is 5.13. The van der Waals surface area contributed by atoms with E-state index < -0.39 is 5.82 Å². The van der Waals surface area contributed by atoms with Gasteiger partial charge in [0.1, 0.15) is 11.6 Å². The number of thiocarbonyl (C=S) groups is 1. The summed E-state index contributed by atoms with van der Waals surface area (Å²) in [7, 11) is 0. The number of para-hydroxylation sites is 1. The Hall–Kier alpha value is -3.98. The molecule has 0 bridgehead atoms. The first-order valence-corrected chi connectivity index (χ1v) is 12.5. The lowest BCUT2D eigenvalue weighted by Gasteiger charge is -2.28. The maximum Gasteiger partial charge on any atom is 0.226 e. The van der Waals surface area contributed by atoms with Crippen molar-refractivity contribution >= 4 is 28.9 Å². The number of furan rings is 1. The van der Waals surface area contributed by atoms with Crippen LogP contribution in [0.5, 0.6) is 0 Å². The molecule has 4 heterocycles. The summed E-state index contributed by atoms with van der Waals surface area (Å²) < 4.78 is 21.8. The number of nitrogens with one attached hydrogen (secondary N) is 2. The molecule has 7 nitrogen and oxygen atoms in total. The van der Waals surface area contributed by atoms with E-state index in [9.17, 15) is 9.18 Å². The van der Waals surface area contributed by atoms with Crippen LogP contribution in [0.1, 0.15) is 46.9 Å². The van der Waals surface area contributed by atoms with Crippen molar-refractivity contribution in [3.8, 4) is 0 Å². The van der Waals surface area contributed by atoms with Crippen LogP contribution in [0.25, 0.3) is 0 Å². The van der Waals surface area contributed by atoms with Crippen LogP contribution in [-0.4, -0.2) is 32.0 Å². The molecular formula is C28H28FN5O2S. The van der Waals surface area contributed by atoms with Crippen LogP contribution in [0.4, 0.5) is 10.1 Å². The Morgan fingerprint density at radius 2 is 1.97 bits per heavy atom. The second-order valence-electron chi connectivity index (χ2n) is 9.09. The molecule has 9 heteroatoms. The molecule has 1 aromatic carbocycles. The molecule has 1 saturated heterocycles. The molecule has 5 rings (SSSR count). The molecule has 190 valence electrons. The second kappa shape index (κ2) is 10.6. The number of carbonyl (C=O) groups excluding carboxylic acids is 1. The first-order valence-electron chi connectivity index (χ1n) is 12.1. The zero-order valence-electron chi connectivity index (χ0n) is 20.6.